The van der Waals surface area contributed by atoms with E-state index in [1.807, 2.05) is 0 Å². The van der Waals surface area contributed by atoms with Crippen molar-refractivity contribution in [2.45, 2.75) is 24.2 Å². The summed E-state index contributed by atoms with van der Waals surface area (Å²) in [6, 6.07) is 13.3. The third-order valence-electron chi connectivity index (χ3n) is 4.05. The second-order valence-electron chi connectivity index (χ2n) is 6.25. The lowest BCUT2D eigenvalue weighted by molar-refractivity contribution is -0.117. The molecule has 0 heterocycles. The van der Waals surface area contributed by atoms with Crippen LogP contribution in [0.1, 0.15) is 29.6 Å². The Kier molecular flexibility index (Phi) is 6.28. The average Bonchev–Trinajstić information content (AvgIpc) is 3.49. The Morgan fingerprint density at radius 1 is 1.04 bits per heavy atom. The monoisotopic (exact) mass is 372 g/mol. The fourth-order valence-corrected chi connectivity index (χ4v) is 3.24. The van der Waals surface area contributed by atoms with Crippen molar-refractivity contribution in [2.75, 3.05) is 17.6 Å². The van der Waals surface area contributed by atoms with Crippen LogP contribution in [0.25, 0.3) is 0 Å². The van der Waals surface area contributed by atoms with Gasteiger partial charge in [-0.05, 0) is 73.5 Å². The second kappa shape index (κ2) is 8.85. The van der Waals surface area contributed by atoms with Gasteiger partial charge in [-0.2, -0.15) is 0 Å². The molecule has 0 aliphatic heterocycles. The fourth-order valence-electron chi connectivity index (χ4n) is 2.39. The first-order chi connectivity index (χ1) is 12.6. The van der Waals surface area contributed by atoms with E-state index in [2.05, 4.69) is 10.6 Å². The zero-order valence-electron chi connectivity index (χ0n) is 14.3. The van der Waals surface area contributed by atoms with Gasteiger partial charge >= 0.3 is 0 Å². The highest BCUT2D eigenvalue weighted by Crippen LogP contribution is 2.30. The van der Waals surface area contributed by atoms with Gasteiger partial charge in [0.15, 0.2) is 0 Å². The number of amides is 2. The summed E-state index contributed by atoms with van der Waals surface area (Å²) in [5.41, 5.74) is 1.29. The van der Waals surface area contributed by atoms with Crippen molar-refractivity contribution in [3.05, 3.63) is 59.9 Å². The maximum absolute atomic E-state index is 12.8. The van der Waals surface area contributed by atoms with Gasteiger partial charge in [-0.3, -0.25) is 9.59 Å². The Morgan fingerprint density at radius 3 is 2.38 bits per heavy atom. The minimum atomic E-state index is -0.236. The lowest BCUT2D eigenvalue weighted by Gasteiger charge is -2.07. The van der Waals surface area contributed by atoms with Crippen molar-refractivity contribution in [1.82, 2.24) is 5.32 Å². The molecule has 2 aromatic carbocycles. The number of thioether (sulfide) groups is 1. The molecule has 0 bridgehead atoms. The number of anilines is 1. The third-order valence-corrected chi connectivity index (χ3v) is 5.15. The summed E-state index contributed by atoms with van der Waals surface area (Å²) in [5.74, 6) is 0.695. The summed E-state index contributed by atoms with van der Waals surface area (Å²) in [7, 11) is 0. The van der Waals surface area contributed by atoms with Crippen LogP contribution in [0.3, 0.4) is 0 Å². The molecule has 0 radical (unpaired) electrons. The first-order valence-corrected chi connectivity index (χ1v) is 9.68. The largest absolute Gasteiger partial charge is 0.352 e. The van der Waals surface area contributed by atoms with Gasteiger partial charge in [0.2, 0.25) is 5.91 Å². The highest BCUT2D eigenvalue weighted by atomic mass is 32.2. The van der Waals surface area contributed by atoms with E-state index in [0.717, 1.165) is 29.9 Å². The Labute approximate surface area is 156 Å². The number of nitrogens with one attached hydrogen (secondary N) is 2. The highest BCUT2D eigenvalue weighted by molar-refractivity contribution is 7.99. The van der Waals surface area contributed by atoms with Crippen LogP contribution in [0.15, 0.2) is 53.4 Å². The van der Waals surface area contributed by atoms with Crippen molar-refractivity contribution < 1.29 is 14.0 Å². The average molecular weight is 372 g/mol. The molecular formula is C20H21FN2O2S. The molecule has 3 rings (SSSR count). The molecule has 136 valence electrons. The molecular weight excluding hydrogens is 351 g/mol. The van der Waals surface area contributed by atoms with E-state index in [9.17, 15) is 14.0 Å². The SMILES string of the molecule is O=C(NCCCSc1ccc(F)cc1)c1ccc(NC(=O)C2CC2)cc1. The minimum absolute atomic E-state index is 0.0563. The van der Waals surface area contributed by atoms with Crippen molar-refractivity contribution in [3.8, 4) is 0 Å². The van der Waals surface area contributed by atoms with Gasteiger partial charge in [0, 0.05) is 28.6 Å². The molecule has 0 unspecified atom stereocenters. The minimum Gasteiger partial charge on any atom is -0.352 e. The fraction of sp³-hybridized carbons (Fsp3) is 0.300. The number of benzene rings is 2. The van der Waals surface area contributed by atoms with E-state index < -0.39 is 0 Å². The van der Waals surface area contributed by atoms with Crippen LogP contribution >= 0.6 is 11.8 Å². The molecule has 0 aromatic heterocycles. The summed E-state index contributed by atoms with van der Waals surface area (Å²) >= 11 is 1.63. The van der Waals surface area contributed by atoms with Crippen LogP contribution in [-0.2, 0) is 4.79 Å². The predicted molar refractivity (Wildman–Crippen MR) is 102 cm³/mol. The van der Waals surface area contributed by atoms with E-state index in [-0.39, 0.29) is 23.5 Å². The maximum atomic E-state index is 12.8. The van der Waals surface area contributed by atoms with Gasteiger partial charge < -0.3 is 10.6 Å². The molecule has 2 aromatic rings. The lowest BCUT2D eigenvalue weighted by atomic mass is 10.2. The van der Waals surface area contributed by atoms with Crippen molar-refractivity contribution in [2.24, 2.45) is 5.92 Å². The van der Waals surface area contributed by atoms with Crippen LogP contribution in [0.4, 0.5) is 10.1 Å². The molecule has 1 fully saturated rings. The number of hydrogen-bond acceptors (Lipinski definition) is 3. The van der Waals surface area contributed by atoms with Gasteiger partial charge in [0.1, 0.15) is 5.82 Å². The number of carbonyl (C=O) groups is 2. The quantitative estimate of drug-likeness (QED) is 0.542. The summed E-state index contributed by atoms with van der Waals surface area (Å²) in [6.07, 6.45) is 2.75. The number of halogens is 1. The van der Waals surface area contributed by atoms with Gasteiger partial charge in [0.25, 0.3) is 5.91 Å². The number of rotatable bonds is 8. The van der Waals surface area contributed by atoms with Crippen LogP contribution < -0.4 is 10.6 Å². The smallest absolute Gasteiger partial charge is 0.251 e. The highest BCUT2D eigenvalue weighted by Gasteiger charge is 2.29. The maximum Gasteiger partial charge on any atom is 0.251 e. The van der Waals surface area contributed by atoms with Crippen LogP contribution in [0.2, 0.25) is 0 Å². The second-order valence-corrected chi connectivity index (χ2v) is 7.42. The summed E-state index contributed by atoms with van der Waals surface area (Å²) in [6.45, 7) is 0.577. The Balaban J connectivity index is 1.36. The van der Waals surface area contributed by atoms with Crippen LogP contribution in [0.5, 0.6) is 0 Å². The van der Waals surface area contributed by atoms with Crippen LogP contribution in [-0.4, -0.2) is 24.1 Å². The number of hydrogen-bond donors (Lipinski definition) is 2. The lowest BCUT2D eigenvalue weighted by Crippen LogP contribution is -2.24. The molecule has 1 aliphatic rings. The van der Waals surface area contributed by atoms with Gasteiger partial charge in [-0.1, -0.05) is 0 Å². The Bertz CT molecular complexity index is 758. The first-order valence-electron chi connectivity index (χ1n) is 8.69. The zero-order chi connectivity index (χ0) is 18.4. The Hall–Kier alpha value is -2.34. The van der Waals surface area contributed by atoms with Gasteiger partial charge in [-0.25, -0.2) is 4.39 Å². The number of carbonyl (C=O) groups excluding carboxylic acids is 2. The van der Waals surface area contributed by atoms with E-state index in [0.29, 0.717) is 17.8 Å². The summed E-state index contributed by atoms with van der Waals surface area (Å²) in [5, 5.41) is 5.74. The van der Waals surface area contributed by atoms with E-state index >= 15 is 0 Å². The zero-order valence-corrected chi connectivity index (χ0v) is 15.2. The summed E-state index contributed by atoms with van der Waals surface area (Å²) < 4.78 is 12.8. The Morgan fingerprint density at radius 2 is 1.73 bits per heavy atom. The topological polar surface area (TPSA) is 58.2 Å². The van der Waals surface area contributed by atoms with Gasteiger partial charge in [0.05, 0.1) is 0 Å². The standard InChI is InChI=1S/C20H21FN2O2S/c21-16-6-10-18(11-7-16)26-13-1-12-22-19(24)14-4-8-17(9-5-14)23-20(25)15-2-3-15/h4-11,15H,1-3,12-13H2,(H,22,24)(H,23,25). The molecule has 6 heteroatoms. The first kappa shape index (κ1) is 18.5. The van der Waals surface area contributed by atoms with E-state index in [1.54, 1.807) is 48.2 Å². The van der Waals surface area contributed by atoms with Crippen LogP contribution in [0, 0.1) is 11.7 Å². The molecule has 4 nitrogen and oxygen atoms in total. The third kappa shape index (κ3) is 5.59. The molecule has 1 saturated carbocycles. The molecule has 26 heavy (non-hydrogen) atoms. The molecule has 1 aliphatic carbocycles. The molecule has 2 N–H and O–H groups in total. The molecule has 2 amide bonds. The van der Waals surface area contributed by atoms with E-state index in [1.165, 1.54) is 12.1 Å². The van der Waals surface area contributed by atoms with Crippen molar-refractivity contribution in [3.63, 3.8) is 0 Å². The van der Waals surface area contributed by atoms with Crippen molar-refractivity contribution in [1.29, 1.82) is 0 Å². The van der Waals surface area contributed by atoms with Gasteiger partial charge in [-0.15, -0.1) is 11.8 Å². The normalized spacial score (nSPS) is 13.3. The summed E-state index contributed by atoms with van der Waals surface area (Å²) in [4.78, 5) is 24.8. The predicted octanol–water partition coefficient (Wildman–Crippen LogP) is 4.09. The van der Waals surface area contributed by atoms with E-state index in [4.69, 9.17) is 0 Å². The van der Waals surface area contributed by atoms with Crippen molar-refractivity contribution >= 4 is 29.3 Å². The molecule has 0 atom stereocenters. The molecule has 0 spiro atoms. The molecule has 0 saturated heterocycles.